The second kappa shape index (κ2) is 9.28. The van der Waals surface area contributed by atoms with E-state index in [-0.39, 0.29) is 27.5 Å². The van der Waals surface area contributed by atoms with Gasteiger partial charge in [0, 0.05) is 35.3 Å². The number of allylic oxidation sites excluding steroid dienone is 1. The minimum absolute atomic E-state index is 0.0338. The number of aromatic nitrogens is 1. The van der Waals surface area contributed by atoms with Gasteiger partial charge in [0.15, 0.2) is 5.15 Å². The van der Waals surface area contributed by atoms with Gasteiger partial charge in [-0.3, -0.25) is 4.99 Å². The maximum atomic E-state index is 14.5. The number of anilines is 1. The molecule has 0 bridgehead atoms. The summed E-state index contributed by atoms with van der Waals surface area (Å²) in [6.07, 6.45) is -7.42. The molecule has 1 aromatic heterocycles. The second-order valence-electron chi connectivity index (χ2n) is 8.37. The van der Waals surface area contributed by atoms with Crippen LogP contribution < -0.4 is 11.1 Å². The van der Waals surface area contributed by atoms with Gasteiger partial charge < -0.3 is 11.1 Å². The van der Waals surface area contributed by atoms with Crippen molar-refractivity contribution in [3.63, 3.8) is 0 Å². The van der Waals surface area contributed by atoms with Gasteiger partial charge in [-0.25, -0.2) is 9.37 Å². The van der Waals surface area contributed by atoms with Gasteiger partial charge in [0.25, 0.3) is 0 Å². The van der Waals surface area contributed by atoms with E-state index in [0.717, 1.165) is 6.20 Å². The molecule has 13 heteroatoms. The molecule has 1 aliphatic rings. The molecule has 1 fully saturated rings. The normalized spacial score (nSPS) is 16.2. The molecule has 0 unspecified atom stereocenters. The van der Waals surface area contributed by atoms with Crippen LogP contribution in [0.1, 0.15) is 35.1 Å². The van der Waals surface area contributed by atoms with Crippen molar-refractivity contribution in [2.24, 2.45) is 10.7 Å². The molecule has 0 amide bonds. The molecule has 3 rings (SSSR count). The van der Waals surface area contributed by atoms with Crippen molar-refractivity contribution in [1.29, 1.82) is 5.26 Å². The lowest BCUT2D eigenvalue weighted by molar-refractivity contribution is -0.348. The van der Waals surface area contributed by atoms with Crippen molar-refractivity contribution in [3.05, 3.63) is 58.0 Å². The van der Waals surface area contributed by atoms with Crippen LogP contribution in [0.25, 0.3) is 5.57 Å². The molecule has 0 radical (unpaired) electrons. The molecule has 2 aromatic rings. The Hall–Kier alpha value is -3.33. The molecule has 1 aliphatic carbocycles. The van der Waals surface area contributed by atoms with Crippen LogP contribution in [0, 0.1) is 25.2 Å². The van der Waals surface area contributed by atoms with Crippen LogP contribution in [0.4, 0.5) is 42.1 Å². The highest BCUT2D eigenvalue weighted by Gasteiger charge is 2.73. The Morgan fingerprint density at radius 3 is 2.11 bits per heavy atom. The number of aliphatic imine (C=N–C) groups is 1. The smallest absolute Gasteiger partial charge is 0.404 e. The van der Waals surface area contributed by atoms with Gasteiger partial charge in [0.05, 0.1) is 17.4 Å². The first-order valence-corrected chi connectivity index (χ1v) is 10.7. The summed E-state index contributed by atoms with van der Waals surface area (Å²) in [7, 11) is 0. The maximum Gasteiger partial charge on any atom is 0.435 e. The maximum absolute atomic E-state index is 14.5. The van der Waals surface area contributed by atoms with Crippen LogP contribution >= 0.6 is 11.6 Å². The van der Waals surface area contributed by atoms with Crippen molar-refractivity contribution in [2.45, 2.75) is 50.2 Å². The number of alkyl halides is 7. The Kier molecular flexibility index (Phi) is 7.02. The number of nitrogens with two attached hydrogens (primary N) is 1. The summed E-state index contributed by atoms with van der Waals surface area (Å²) in [4.78, 5) is 8.21. The van der Waals surface area contributed by atoms with Crippen molar-refractivity contribution < 1.29 is 30.7 Å². The first-order chi connectivity index (χ1) is 16.6. The monoisotopic (exact) mass is 533 g/mol. The fraction of sp³-hybridized carbons (Fsp3) is 0.348. The SMILES string of the molecule is Cc1cc(C(F)(C(F)(F)F)C(F)(F)F)cc(C)c1N=CC(=CN)c1cnc(Cl)c(NC2(C#N)CC2)c1. The van der Waals surface area contributed by atoms with Gasteiger partial charge >= 0.3 is 18.0 Å². The first kappa shape index (κ1) is 27.3. The quantitative estimate of drug-likeness (QED) is 0.242. The molecule has 1 aromatic carbocycles. The molecule has 3 N–H and O–H groups in total. The summed E-state index contributed by atoms with van der Waals surface area (Å²) in [6.45, 7) is 2.43. The standard InChI is InChI=1S/C23H19ClF7N5/c1-12-5-16(21(25,22(26,27)28)23(29,30)31)6-13(2)18(12)34-10-15(8-32)14-7-17(19(24)35-9-14)36-20(11-33)3-4-20/h5-10,36H,3-4,32H2,1-2H3. The van der Waals surface area contributed by atoms with E-state index in [9.17, 15) is 36.0 Å². The fourth-order valence-corrected chi connectivity index (χ4v) is 3.69. The molecule has 5 nitrogen and oxygen atoms in total. The Morgan fingerprint density at radius 1 is 1.11 bits per heavy atom. The number of aryl methyl sites for hydroxylation is 2. The van der Waals surface area contributed by atoms with E-state index < -0.39 is 29.1 Å². The Morgan fingerprint density at radius 2 is 1.67 bits per heavy atom. The first-order valence-electron chi connectivity index (χ1n) is 10.3. The number of halogens is 8. The second-order valence-corrected chi connectivity index (χ2v) is 8.73. The Labute approximate surface area is 206 Å². The third-order valence-corrected chi connectivity index (χ3v) is 5.99. The summed E-state index contributed by atoms with van der Waals surface area (Å²) in [5.41, 5.74) is -1.29. The number of benzene rings is 1. The molecular weight excluding hydrogens is 515 g/mol. The van der Waals surface area contributed by atoms with Gasteiger partial charge in [-0.15, -0.1) is 0 Å². The molecule has 1 saturated carbocycles. The van der Waals surface area contributed by atoms with Crippen LogP contribution in [-0.2, 0) is 5.67 Å². The highest BCUT2D eigenvalue weighted by molar-refractivity contribution is 6.32. The Balaban J connectivity index is 1.96. The van der Waals surface area contributed by atoms with E-state index in [2.05, 4.69) is 21.4 Å². The number of hydrogen-bond acceptors (Lipinski definition) is 5. The molecule has 0 aliphatic heterocycles. The van der Waals surface area contributed by atoms with E-state index in [0.29, 0.717) is 36.2 Å². The van der Waals surface area contributed by atoms with Gasteiger partial charge in [-0.2, -0.15) is 31.6 Å². The van der Waals surface area contributed by atoms with Crippen LogP contribution in [0.3, 0.4) is 0 Å². The van der Waals surface area contributed by atoms with Gasteiger partial charge in [-0.1, -0.05) is 23.7 Å². The molecular formula is C23H19ClF7N5. The lowest BCUT2D eigenvalue weighted by Crippen LogP contribution is -2.50. The molecule has 36 heavy (non-hydrogen) atoms. The zero-order valence-corrected chi connectivity index (χ0v) is 19.6. The summed E-state index contributed by atoms with van der Waals surface area (Å²) in [6, 6.07) is 4.66. The van der Waals surface area contributed by atoms with Crippen LogP contribution in [0.5, 0.6) is 0 Å². The lowest BCUT2D eigenvalue weighted by atomic mass is 9.90. The topological polar surface area (TPSA) is 87.1 Å². The lowest BCUT2D eigenvalue weighted by Gasteiger charge is -2.31. The predicted octanol–water partition coefficient (Wildman–Crippen LogP) is 6.81. The molecule has 192 valence electrons. The van der Waals surface area contributed by atoms with Crippen LogP contribution in [0.15, 0.2) is 35.6 Å². The van der Waals surface area contributed by atoms with Gasteiger partial charge in [0.2, 0.25) is 0 Å². The number of pyridine rings is 1. The summed E-state index contributed by atoms with van der Waals surface area (Å²) < 4.78 is 93.3. The number of hydrogen-bond donors (Lipinski definition) is 2. The highest BCUT2D eigenvalue weighted by atomic mass is 35.5. The third-order valence-electron chi connectivity index (χ3n) is 5.69. The van der Waals surface area contributed by atoms with Gasteiger partial charge in [-0.05, 0) is 43.9 Å². The van der Waals surface area contributed by atoms with Crippen molar-refractivity contribution in [1.82, 2.24) is 4.98 Å². The number of nitriles is 1. The fourth-order valence-electron chi connectivity index (χ4n) is 3.54. The van der Waals surface area contributed by atoms with Crippen LogP contribution in [0.2, 0.25) is 5.15 Å². The number of nitrogens with one attached hydrogen (secondary N) is 1. The molecule has 1 heterocycles. The zero-order valence-electron chi connectivity index (χ0n) is 18.8. The van der Waals surface area contributed by atoms with Crippen molar-refractivity contribution in [2.75, 3.05) is 5.32 Å². The third kappa shape index (κ3) is 4.97. The zero-order chi connectivity index (χ0) is 27.1. The average Bonchev–Trinajstić information content (AvgIpc) is 3.55. The molecule has 0 atom stereocenters. The van der Waals surface area contributed by atoms with Crippen molar-refractivity contribution >= 4 is 34.8 Å². The largest absolute Gasteiger partial charge is 0.435 e. The van der Waals surface area contributed by atoms with E-state index in [1.54, 1.807) is 6.07 Å². The number of rotatable bonds is 6. The van der Waals surface area contributed by atoms with Crippen LogP contribution in [-0.4, -0.2) is 29.1 Å². The summed E-state index contributed by atoms with van der Waals surface area (Å²) >= 11 is 6.11. The summed E-state index contributed by atoms with van der Waals surface area (Å²) in [5.74, 6) is 0. The highest BCUT2D eigenvalue weighted by Crippen LogP contribution is 2.54. The summed E-state index contributed by atoms with van der Waals surface area (Å²) in [5, 5.41) is 12.4. The molecule has 0 saturated heterocycles. The Bertz CT molecular complexity index is 1230. The van der Waals surface area contributed by atoms with Gasteiger partial charge in [0.1, 0.15) is 5.54 Å². The van der Waals surface area contributed by atoms with E-state index >= 15 is 0 Å². The van der Waals surface area contributed by atoms with E-state index in [1.165, 1.54) is 26.3 Å². The minimum Gasteiger partial charge on any atom is -0.404 e. The van der Waals surface area contributed by atoms with E-state index in [4.69, 9.17) is 17.3 Å². The van der Waals surface area contributed by atoms with Crippen molar-refractivity contribution in [3.8, 4) is 6.07 Å². The average molecular weight is 534 g/mol. The minimum atomic E-state index is -6.22. The predicted molar refractivity (Wildman–Crippen MR) is 122 cm³/mol. The van der Waals surface area contributed by atoms with E-state index in [1.807, 2.05) is 0 Å². The number of nitrogens with zero attached hydrogens (tertiary/aromatic N) is 3. The molecule has 0 spiro atoms.